The Morgan fingerprint density at radius 2 is 1.75 bits per heavy atom. The summed E-state index contributed by atoms with van der Waals surface area (Å²) in [7, 11) is 3.26. The number of benzene rings is 1. The number of nitrogens with two attached hydrogens (primary N) is 1. The van der Waals surface area contributed by atoms with Crippen LogP contribution in [0.15, 0.2) is 18.2 Å². The molecule has 14 nitrogen and oxygen atoms in total. The van der Waals surface area contributed by atoms with Gasteiger partial charge in [0.15, 0.2) is 18.3 Å². The van der Waals surface area contributed by atoms with Crippen molar-refractivity contribution in [1.82, 2.24) is 10.2 Å². The zero-order valence-corrected chi connectivity index (χ0v) is 32.3. The minimum Gasteiger partial charge on any atom is -0.493 e. The topological polar surface area (TPSA) is 177 Å². The molecule has 5 atom stereocenters. The maximum Gasteiger partial charge on any atom is 0.510 e. The molecule has 0 aromatic heterocycles. The first-order valence-electron chi connectivity index (χ1n) is 17.9. The van der Waals surface area contributed by atoms with Crippen LogP contribution in [-0.4, -0.2) is 100 Å². The number of aliphatic hydroxyl groups excluding tert-OH is 1. The lowest BCUT2D eigenvalue weighted by atomic mass is 9.80. The van der Waals surface area contributed by atoms with E-state index in [9.17, 15) is 19.5 Å². The zero-order chi connectivity index (χ0) is 38.3. The Bertz CT molecular complexity index is 1230. The third-order valence-electron chi connectivity index (χ3n) is 9.27. The van der Waals surface area contributed by atoms with E-state index in [1.165, 1.54) is 0 Å². The van der Waals surface area contributed by atoms with E-state index in [2.05, 4.69) is 19.2 Å². The van der Waals surface area contributed by atoms with Crippen LogP contribution >= 0.6 is 0 Å². The summed E-state index contributed by atoms with van der Waals surface area (Å²) >= 11 is 0. The lowest BCUT2D eigenvalue weighted by Gasteiger charge is -2.34. The smallest absolute Gasteiger partial charge is 0.493 e. The highest BCUT2D eigenvalue weighted by Gasteiger charge is 2.43. The van der Waals surface area contributed by atoms with Gasteiger partial charge < -0.3 is 49.3 Å². The normalized spacial score (nSPS) is 18.5. The van der Waals surface area contributed by atoms with Crippen molar-refractivity contribution in [3.63, 3.8) is 0 Å². The molecular weight excluding hydrogens is 662 g/mol. The molecule has 2 rings (SSSR count). The minimum atomic E-state index is -1.46. The highest BCUT2D eigenvalue weighted by atomic mass is 16.8. The SMILES string of the molecule is COCCCOc1cc(CC(CC2C(CC(C(=O)NCC(C)(C)C(N)=O)C(C)C)OCN2C(O)OCOC(=O)OC(C)C)C(C)C)ccc1OC. The molecule has 1 heterocycles. The van der Waals surface area contributed by atoms with Gasteiger partial charge in [0.25, 0.3) is 0 Å². The van der Waals surface area contributed by atoms with Crippen LogP contribution < -0.4 is 20.5 Å². The second-order valence-corrected chi connectivity index (χ2v) is 14.8. The molecule has 292 valence electrons. The number of nitrogens with zero attached hydrogens (tertiary/aromatic N) is 1. The van der Waals surface area contributed by atoms with E-state index in [4.69, 9.17) is 38.9 Å². The molecule has 5 unspecified atom stereocenters. The summed E-state index contributed by atoms with van der Waals surface area (Å²) in [5.41, 5.74) is 5.68. The van der Waals surface area contributed by atoms with Crippen LogP contribution in [0.3, 0.4) is 0 Å². The standard InChI is InChI=1S/C37H63N3O11/c1-23(2)27(16-26-12-13-30(46-10)32(17-26)47-15-11-14-45-9)18-29-31(19-28(24(3)4)33(41)39-20-37(7,8)34(38)42)48-21-40(29)35(43)49-22-50-36(44)51-25(5)6/h12-13,17,23-25,27-29,31,35,43H,11,14-16,18-22H2,1-10H3,(H2,38,42)(H,39,41). The Morgan fingerprint density at radius 3 is 2.33 bits per heavy atom. The average molecular weight is 726 g/mol. The summed E-state index contributed by atoms with van der Waals surface area (Å²) in [4.78, 5) is 39.0. The van der Waals surface area contributed by atoms with Crippen molar-refractivity contribution in [2.75, 3.05) is 47.5 Å². The van der Waals surface area contributed by atoms with E-state index in [0.29, 0.717) is 44.0 Å². The number of amides is 2. The van der Waals surface area contributed by atoms with Crippen molar-refractivity contribution in [3.05, 3.63) is 23.8 Å². The third-order valence-corrected chi connectivity index (χ3v) is 9.27. The van der Waals surface area contributed by atoms with Crippen molar-refractivity contribution >= 4 is 18.0 Å². The van der Waals surface area contributed by atoms with Crippen LogP contribution in [0.2, 0.25) is 0 Å². The van der Waals surface area contributed by atoms with Gasteiger partial charge in [-0.2, -0.15) is 0 Å². The first-order chi connectivity index (χ1) is 24.0. The van der Waals surface area contributed by atoms with Gasteiger partial charge in [0, 0.05) is 38.6 Å². The van der Waals surface area contributed by atoms with Crippen molar-refractivity contribution in [3.8, 4) is 11.5 Å². The lowest BCUT2D eigenvalue weighted by Crippen LogP contribution is -2.48. The van der Waals surface area contributed by atoms with E-state index >= 15 is 0 Å². The third kappa shape index (κ3) is 14.4. The summed E-state index contributed by atoms with van der Waals surface area (Å²) in [5.74, 6) is 0.430. The number of methoxy groups -OCH3 is 2. The molecule has 4 N–H and O–H groups in total. The molecule has 1 aliphatic rings. The van der Waals surface area contributed by atoms with Gasteiger partial charge >= 0.3 is 6.16 Å². The van der Waals surface area contributed by atoms with Crippen molar-refractivity contribution in [2.24, 2.45) is 34.8 Å². The number of carbonyl (C=O) groups is 3. The highest BCUT2D eigenvalue weighted by molar-refractivity contribution is 5.83. The fourth-order valence-corrected chi connectivity index (χ4v) is 5.82. The molecule has 2 amide bonds. The first-order valence-corrected chi connectivity index (χ1v) is 17.9. The van der Waals surface area contributed by atoms with E-state index in [1.54, 1.807) is 46.8 Å². The maximum absolute atomic E-state index is 13.5. The number of carbonyl (C=O) groups excluding carboxylic acids is 3. The second kappa shape index (κ2) is 21.4. The monoisotopic (exact) mass is 725 g/mol. The highest BCUT2D eigenvalue weighted by Crippen LogP contribution is 2.36. The Morgan fingerprint density at radius 1 is 1.04 bits per heavy atom. The zero-order valence-electron chi connectivity index (χ0n) is 32.3. The fraction of sp³-hybridized carbons (Fsp3) is 0.757. The number of hydrogen-bond acceptors (Lipinski definition) is 12. The van der Waals surface area contributed by atoms with Crippen LogP contribution in [0.4, 0.5) is 4.79 Å². The number of nitrogens with one attached hydrogen (secondary N) is 1. The van der Waals surface area contributed by atoms with Crippen LogP contribution in [0, 0.1) is 29.1 Å². The minimum absolute atomic E-state index is 0.0287. The summed E-state index contributed by atoms with van der Waals surface area (Å²) in [5, 5.41) is 14.1. The molecule has 51 heavy (non-hydrogen) atoms. The molecule has 0 aliphatic carbocycles. The number of aliphatic hydroxyl groups is 1. The van der Waals surface area contributed by atoms with Gasteiger partial charge in [-0.1, -0.05) is 33.8 Å². The number of primary amides is 1. The number of ether oxygens (including phenoxy) is 7. The predicted octanol–water partition coefficient (Wildman–Crippen LogP) is 4.44. The quantitative estimate of drug-likeness (QED) is 0.0822. The summed E-state index contributed by atoms with van der Waals surface area (Å²) in [6.07, 6.45) is -0.798. The Hall–Kier alpha value is -3.17. The molecular formula is C37H63N3O11. The Labute approximate surface area is 303 Å². The van der Waals surface area contributed by atoms with Gasteiger partial charge in [0.05, 0.1) is 31.3 Å². The molecule has 0 radical (unpaired) electrons. The van der Waals surface area contributed by atoms with Gasteiger partial charge in [-0.25, -0.2) is 9.69 Å². The van der Waals surface area contributed by atoms with Gasteiger partial charge in [-0.3, -0.25) is 9.59 Å². The van der Waals surface area contributed by atoms with Gasteiger partial charge in [-0.15, -0.1) is 0 Å². The number of hydrogen-bond donors (Lipinski definition) is 3. The summed E-state index contributed by atoms with van der Waals surface area (Å²) in [6, 6.07) is 5.56. The molecule has 0 spiro atoms. The first kappa shape index (κ1) is 44.0. The van der Waals surface area contributed by atoms with Gasteiger partial charge in [-0.05, 0) is 82.4 Å². The Kier molecular flexibility index (Phi) is 18.4. The lowest BCUT2D eigenvalue weighted by molar-refractivity contribution is -0.236. The van der Waals surface area contributed by atoms with Gasteiger partial charge in [0.2, 0.25) is 18.2 Å². The molecule has 0 saturated carbocycles. The van der Waals surface area contributed by atoms with Crippen molar-refractivity contribution in [1.29, 1.82) is 0 Å². The molecule has 1 fully saturated rings. The molecule has 1 aromatic carbocycles. The molecule has 1 saturated heterocycles. The second-order valence-electron chi connectivity index (χ2n) is 14.8. The Balaban J connectivity index is 2.33. The summed E-state index contributed by atoms with van der Waals surface area (Å²) in [6.45, 7) is 15.7. The maximum atomic E-state index is 13.5. The van der Waals surface area contributed by atoms with E-state index < -0.39 is 42.7 Å². The molecule has 14 heteroatoms. The largest absolute Gasteiger partial charge is 0.510 e. The molecule has 1 aromatic rings. The van der Waals surface area contributed by atoms with Gasteiger partial charge in [0.1, 0.15) is 6.73 Å². The van der Waals surface area contributed by atoms with Crippen molar-refractivity contribution < 1.29 is 52.6 Å². The number of rotatable bonds is 23. The fourth-order valence-electron chi connectivity index (χ4n) is 5.82. The summed E-state index contributed by atoms with van der Waals surface area (Å²) < 4.78 is 38.5. The van der Waals surface area contributed by atoms with E-state index in [0.717, 1.165) is 12.0 Å². The molecule has 0 bridgehead atoms. The van der Waals surface area contributed by atoms with Crippen LogP contribution in [0.5, 0.6) is 11.5 Å². The van der Waals surface area contributed by atoms with Crippen LogP contribution in [0.1, 0.15) is 80.2 Å². The van der Waals surface area contributed by atoms with E-state index in [-0.39, 0.29) is 49.1 Å². The average Bonchev–Trinajstić information content (AvgIpc) is 3.45. The van der Waals surface area contributed by atoms with Crippen molar-refractivity contribution in [2.45, 2.75) is 106 Å². The van der Waals surface area contributed by atoms with Crippen LogP contribution in [-0.2, 0) is 39.7 Å². The van der Waals surface area contributed by atoms with Crippen LogP contribution in [0.25, 0.3) is 0 Å². The molecule has 1 aliphatic heterocycles. The van der Waals surface area contributed by atoms with E-state index in [1.807, 2.05) is 32.0 Å². The predicted molar refractivity (Wildman–Crippen MR) is 191 cm³/mol.